The molecule has 1 aromatic carbocycles. The Morgan fingerprint density at radius 1 is 1.21 bits per heavy atom. The molecule has 0 fully saturated rings. The number of anilines is 1. The van der Waals surface area contributed by atoms with E-state index in [0.717, 1.165) is 17.5 Å². The summed E-state index contributed by atoms with van der Waals surface area (Å²) in [5.74, 6) is 0.0791. The molecule has 3 rings (SSSR count). The maximum absolute atomic E-state index is 11.5. The molecular formula is C21H26ClN5O2. The summed E-state index contributed by atoms with van der Waals surface area (Å²) >= 11 is 6.26. The summed E-state index contributed by atoms with van der Waals surface area (Å²) in [5, 5.41) is 4.03. The third-order valence-corrected chi connectivity index (χ3v) is 4.69. The number of nitrogens with zero attached hydrogens (tertiary/aromatic N) is 3. The Labute approximate surface area is 175 Å². The number of halogens is 1. The Morgan fingerprint density at radius 2 is 1.97 bits per heavy atom. The van der Waals surface area contributed by atoms with Gasteiger partial charge in [-0.25, -0.2) is 4.98 Å². The SMILES string of the molecule is CC(C)(C)OCCCn1c(NCc2ccccc2Cl)nc2nc(C(N)=O)ccc21. The maximum Gasteiger partial charge on any atom is 0.267 e. The Kier molecular flexibility index (Phi) is 6.39. The molecule has 0 saturated heterocycles. The van der Waals surface area contributed by atoms with Crippen LogP contribution >= 0.6 is 11.6 Å². The molecule has 0 bridgehead atoms. The number of fused-ring (bicyclic) bond motifs is 1. The van der Waals surface area contributed by atoms with Crippen LogP contribution in [0.4, 0.5) is 5.95 Å². The lowest BCUT2D eigenvalue weighted by molar-refractivity contribution is -0.00513. The fourth-order valence-corrected chi connectivity index (χ4v) is 3.13. The van der Waals surface area contributed by atoms with Gasteiger partial charge in [0.2, 0.25) is 5.95 Å². The van der Waals surface area contributed by atoms with Crippen LogP contribution in [-0.2, 0) is 17.8 Å². The number of hydrogen-bond donors (Lipinski definition) is 2. The molecule has 0 radical (unpaired) electrons. The number of carbonyl (C=O) groups excluding carboxylic acids is 1. The van der Waals surface area contributed by atoms with Gasteiger partial charge in [-0.05, 0) is 51.0 Å². The van der Waals surface area contributed by atoms with Crippen molar-refractivity contribution in [1.29, 1.82) is 0 Å². The number of primary amides is 1. The van der Waals surface area contributed by atoms with E-state index in [9.17, 15) is 4.79 Å². The third kappa shape index (κ3) is 5.46. The van der Waals surface area contributed by atoms with E-state index in [2.05, 4.69) is 15.3 Å². The van der Waals surface area contributed by atoms with Gasteiger partial charge in [-0.15, -0.1) is 0 Å². The van der Waals surface area contributed by atoms with Gasteiger partial charge in [-0.1, -0.05) is 29.8 Å². The molecule has 0 atom stereocenters. The van der Waals surface area contributed by atoms with E-state index in [1.807, 2.05) is 55.7 Å². The lowest BCUT2D eigenvalue weighted by Crippen LogP contribution is -2.20. The number of imidazole rings is 1. The van der Waals surface area contributed by atoms with Crippen molar-refractivity contribution in [3.05, 3.63) is 52.7 Å². The zero-order chi connectivity index (χ0) is 21.0. The van der Waals surface area contributed by atoms with E-state index in [4.69, 9.17) is 22.1 Å². The van der Waals surface area contributed by atoms with Gasteiger partial charge in [0.1, 0.15) is 5.69 Å². The van der Waals surface area contributed by atoms with Gasteiger partial charge in [0.25, 0.3) is 5.91 Å². The molecule has 3 N–H and O–H groups in total. The largest absolute Gasteiger partial charge is 0.376 e. The minimum absolute atomic E-state index is 0.180. The minimum atomic E-state index is -0.578. The number of nitrogens with one attached hydrogen (secondary N) is 1. The summed E-state index contributed by atoms with van der Waals surface area (Å²) in [4.78, 5) is 20.3. The number of carbonyl (C=O) groups is 1. The first-order chi connectivity index (χ1) is 13.7. The number of rotatable bonds is 8. The molecule has 0 aliphatic heterocycles. The molecular weight excluding hydrogens is 390 g/mol. The van der Waals surface area contributed by atoms with Crippen LogP contribution in [0.5, 0.6) is 0 Å². The van der Waals surface area contributed by atoms with Gasteiger partial charge < -0.3 is 20.4 Å². The van der Waals surface area contributed by atoms with Crippen LogP contribution in [0, 0.1) is 0 Å². The van der Waals surface area contributed by atoms with Crippen molar-refractivity contribution < 1.29 is 9.53 Å². The van der Waals surface area contributed by atoms with Crippen molar-refractivity contribution in [1.82, 2.24) is 14.5 Å². The standard InChI is InChI=1S/C21H26ClN5O2/c1-21(2,3)29-12-6-11-27-17-10-9-16(18(23)28)25-19(17)26-20(27)24-13-14-7-4-5-8-15(14)22/h4-5,7-10H,6,11-13H2,1-3H3,(H2,23,28)(H,24,25,26). The highest BCUT2D eigenvalue weighted by molar-refractivity contribution is 6.31. The van der Waals surface area contributed by atoms with E-state index in [1.54, 1.807) is 6.07 Å². The Hall–Kier alpha value is -2.64. The number of nitrogens with two attached hydrogens (primary N) is 1. The molecule has 3 aromatic rings. The number of benzene rings is 1. The average Bonchev–Trinajstić information content (AvgIpc) is 3.00. The monoisotopic (exact) mass is 415 g/mol. The highest BCUT2D eigenvalue weighted by Crippen LogP contribution is 2.22. The zero-order valence-corrected chi connectivity index (χ0v) is 17.7. The van der Waals surface area contributed by atoms with Crippen molar-refractivity contribution in [3.8, 4) is 0 Å². The summed E-state index contributed by atoms with van der Waals surface area (Å²) in [6.45, 7) is 7.93. The third-order valence-electron chi connectivity index (χ3n) is 4.32. The van der Waals surface area contributed by atoms with Gasteiger partial charge in [-0.3, -0.25) is 4.79 Å². The highest BCUT2D eigenvalue weighted by atomic mass is 35.5. The number of aromatic nitrogens is 3. The molecule has 2 heterocycles. The lowest BCUT2D eigenvalue weighted by atomic mass is 10.2. The molecule has 2 aromatic heterocycles. The molecule has 0 unspecified atom stereocenters. The van der Waals surface area contributed by atoms with E-state index >= 15 is 0 Å². The predicted molar refractivity (Wildman–Crippen MR) is 115 cm³/mol. The Morgan fingerprint density at radius 3 is 2.66 bits per heavy atom. The van der Waals surface area contributed by atoms with Gasteiger partial charge in [-0.2, -0.15) is 4.98 Å². The van der Waals surface area contributed by atoms with E-state index in [0.29, 0.717) is 36.3 Å². The topological polar surface area (TPSA) is 95.1 Å². The first-order valence-corrected chi connectivity index (χ1v) is 9.91. The molecule has 8 heteroatoms. The van der Waals surface area contributed by atoms with Crippen LogP contribution in [0.2, 0.25) is 5.02 Å². The van der Waals surface area contributed by atoms with Crippen molar-refractivity contribution >= 4 is 34.6 Å². The molecule has 0 saturated carbocycles. The van der Waals surface area contributed by atoms with Crippen molar-refractivity contribution in [2.45, 2.75) is 45.9 Å². The average molecular weight is 416 g/mol. The predicted octanol–water partition coefficient (Wildman–Crippen LogP) is 4.00. The van der Waals surface area contributed by atoms with Crippen LogP contribution in [0.1, 0.15) is 43.2 Å². The van der Waals surface area contributed by atoms with Crippen LogP contribution in [0.3, 0.4) is 0 Å². The summed E-state index contributed by atoms with van der Waals surface area (Å²) in [5.41, 5.74) is 7.63. The van der Waals surface area contributed by atoms with Crippen LogP contribution in [-0.4, -0.2) is 32.7 Å². The van der Waals surface area contributed by atoms with Gasteiger partial charge in [0.15, 0.2) is 5.65 Å². The number of ether oxygens (including phenoxy) is 1. The van der Waals surface area contributed by atoms with Crippen molar-refractivity contribution in [2.75, 3.05) is 11.9 Å². The molecule has 7 nitrogen and oxygen atoms in total. The first-order valence-electron chi connectivity index (χ1n) is 9.53. The van der Waals surface area contributed by atoms with Gasteiger partial charge >= 0.3 is 0 Å². The Balaban J connectivity index is 1.84. The number of aryl methyl sites for hydroxylation is 1. The fourth-order valence-electron chi connectivity index (χ4n) is 2.92. The highest BCUT2D eigenvalue weighted by Gasteiger charge is 2.15. The number of amides is 1. The molecule has 154 valence electrons. The lowest BCUT2D eigenvalue weighted by Gasteiger charge is -2.19. The quantitative estimate of drug-likeness (QED) is 0.542. The van der Waals surface area contributed by atoms with E-state index in [1.165, 1.54) is 0 Å². The normalized spacial score (nSPS) is 11.7. The molecule has 29 heavy (non-hydrogen) atoms. The van der Waals surface area contributed by atoms with E-state index in [-0.39, 0.29) is 11.3 Å². The molecule has 1 amide bonds. The van der Waals surface area contributed by atoms with Gasteiger partial charge in [0, 0.05) is 24.7 Å². The first kappa shape index (κ1) is 21.1. The second kappa shape index (κ2) is 8.80. The van der Waals surface area contributed by atoms with Crippen LogP contribution in [0.25, 0.3) is 11.2 Å². The number of hydrogen-bond acceptors (Lipinski definition) is 5. The smallest absolute Gasteiger partial charge is 0.267 e. The summed E-state index contributed by atoms with van der Waals surface area (Å²) < 4.78 is 7.86. The second-order valence-electron chi connectivity index (χ2n) is 7.75. The molecule has 0 aliphatic carbocycles. The molecule has 0 spiro atoms. The Bertz CT molecular complexity index is 1010. The van der Waals surface area contributed by atoms with Gasteiger partial charge in [0.05, 0.1) is 11.1 Å². The minimum Gasteiger partial charge on any atom is -0.376 e. The summed E-state index contributed by atoms with van der Waals surface area (Å²) in [7, 11) is 0. The summed E-state index contributed by atoms with van der Waals surface area (Å²) in [6, 6.07) is 11.1. The van der Waals surface area contributed by atoms with Crippen molar-refractivity contribution in [2.24, 2.45) is 5.73 Å². The second-order valence-corrected chi connectivity index (χ2v) is 8.16. The fraction of sp³-hybridized carbons (Fsp3) is 0.381. The van der Waals surface area contributed by atoms with Crippen LogP contribution in [0.15, 0.2) is 36.4 Å². The summed E-state index contributed by atoms with van der Waals surface area (Å²) in [6.07, 6.45) is 0.807. The molecule has 0 aliphatic rings. The maximum atomic E-state index is 11.5. The number of pyridine rings is 1. The van der Waals surface area contributed by atoms with E-state index < -0.39 is 5.91 Å². The van der Waals surface area contributed by atoms with Crippen LogP contribution < -0.4 is 11.1 Å². The van der Waals surface area contributed by atoms with Crippen molar-refractivity contribution in [3.63, 3.8) is 0 Å². The zero-order valence-electron chi connectivity index (χ0n) is 16.9.